The summed E-state index contributed by atoms with van der Waals surface area (Å²) in [5.74, 6) is -1.25. The van der Waals surface area contributed by atoms with Crippen LogP contribution in [-0.2, 0) is 4.79 Å². The molecule has 5 nitrogen and oxygen atoms in total. The second-order valence-corrected chi connectivity index (χ2v) is 3.79. The van der Waals surface area contributed by atoms with Crippen LogP contribution < -0.4 is 4.90 Å². The van der Waals surface area contributed by atoms with Gasteiger partial charge in [0.1, 0.15) is 11.8 Å². The van der Waals surface area contributed by atoms with Gasteiger partial charge in [0.25, 0.3) is 0 Å². The first-order valence-corrected chi connectivity index (χ1v) is 5.42. The van der Waals surface area contributed by atoms with E-state index in [9.17, 15) is 4.79 Å². The number of rotatable bonds is 5. The van der Waals surface area contributed by atoms with Gasteiger partial charge in [-0.3, -0.25) is 4.79 Å². The average Bonchev–Trinajstić information content (AvgIpc) is 2.35. The molecule has 0 bridgehead atoms. The van der Waals surface area contributed by atoms with Crippen LogP contribution in [0.4, 0.5) is 5.69 Å². The lowest BCUT2D eigenvalue weighted by Crippen LogP contribution is -2.31. The highest BCUT2D eigenvalue weighted by Gasteiger charge is 2.15. The Kier molecular flexibility index (Phi) is 4.46. The molecular weight excluding hydrogens is 218 g/mol. The fourth-order valence-corrected chi connectivity index (χ4v) is 1.47. The molecule has 0 aliphatic carbocycles. The standard InChI is InChI=1S/C12H15N3O2/c1-3-15(8-9(2)12(16)17)11-5-4-10(6-13)14-7-11/h4-5,7,9H,3,8H2,1-2H3,(H,16,17). The lowest BCUT2D eigenvalue weighted by molar-refractivity contribution is -0.140. The van der Waals surface area contributed by atoms with Crippen molar-refractivity contribution in [1.82, 2.24) is 4.98 Å². The van der Waals surface area contributed by atoms with E-state index in [4.69, 9.17) is 10.4 Å². The number of hydrogen-bond donors (Lipinski definition) is 1. The fraction of sp³-hybridized carbons (Fsp3) is 0.417. The van der Waals surface area contributed by atoms with Crippen molar-refractivity contribution >= 4 is 11.7 Å². The number of nitriles is 1. The Morgan fingerprint density at radius 1 is 1.65 bits per heavy atom. The van der Waals surface area contributed by atoms with Crippen molar-refractivity contribution in [1.29, 1.82) is 5.26 Å². The Labute approximate surface area is 100 Å². The van der Waals surface area contributed by atoms with Crippen molar-refractivity contribution in [3.8, 4) is 6.07 Å². The molecule has 0 aliphatic heterocycles. The molecule has 1 aromatic heterocycles. The number of anilines is 1. The van der Waals surface area contributed by atoms with Crippen molar-refractivity contribution in [3.05, 3.63) is 24.0 Å². The van der Waals surface area contributed by atoms with Gasteiger partial charge in [0.2, 0.25) is 0 Å². The van der Waals surface area contributed by atoms with E-state index in [-0.39, 0.29) is 0 Å². The van der Waals surface area contributed by atoms with Gasteiger partial charge < -0.3 is 10.0 Å². The summed E-state index contributed by atoms with van der Waals surface area (Å²) in [4.78, 5) is 16.7. The van der Waals surface area contributed by atoms with Crippen LogP contribution in [0.1, 0.15) is 19.5 Å². The Hall–Kier alpha value is -2.09. The second kappa shape index (κ2) is 5.85. The molecule has 1 heterocycles. The summed E-state index contributed by atoms with van der Waals surface area (Å²) in [7, 11) is 0. The fourth-order valence-electron chi connectivity index (χ4n) is 1.47. The monoisotopic (exact) mass is 233 g/mol. The van der Waals surface area contributed by atoms with Crippen molar-refractivity contribution < 1.29 is 9.90 Å². The van der Waals surface area contributed by atoms with E-state index in [1.54, 1.807) is 25.3 Å². The maximum atomic E-state index is 10.8. The lowest BCUT2D eigenvalue weighted by atomic mass is 10.1. The van der Waals surface area contributed by atoms with E-state index in [0.717, 1.165) is 5.69 Å². The summed E-state index contributed by atoms with van der Waals surface area (Å²) in [6, 6.07) is 5.36. The summed E-state index contributed by atoms with van der Waals surface area (Å²) in [6.45, 7) is 4.75. The van der Waals surface area contributed by atoms with Gasteiger partial charge in [-0.1, -0.05) is 6.92 Å². The van der Waals surface area contributed by atoms with Gasteiger partial charge in [0, 0.05) is 13.1 Å². The minimum Gasteiger partial charge on any atom is -0.481 e. The normalized spacial score (nSPS) is 11.6. The van der Waals surface area contributed by atoms with E-state index in [2.05, 4.69) is 4.98 Å². The average molecular weight is 233 g/mol. The van der Waals surface area contributed by atoms with Gasteiger partial charge in [-0.05, 0) is 19.1 Å². The third-order valence-electron chi connectivity index (χ3n) is 2.53. The first-order valence-electron chi connectivity index (χ1n) is 5.42. The van der Waals surface area contributed by atoms with Gasteiger partial charge in [0.05, 0.1) is 17.8 Å². The largest absolute Gasteiger partial charge is 0.481 e. The molecule has 0 fully saturated rings. The second-order valence-electron chi connectivity index (χ2n) is 3.79. The van der Waals surface area contributed by atoms with Gasteiger partial charge in [-0.25, -0.2) is 4.98 Å². The van der Waals surface area contributed by atoms with Crippen LogP contribution in [0.2, 0.25) is 0 Å². The van der Waals surface area contributed by atoms with E-state index in [0.29, 0.717) is 18.8 Å². The molecule has 17 heavy (non-hydrogen) atoms. The SMILES string of the molecule is CCN(CC(C)C(=O)O)c1ccc(C#N)nc1. The third-order valence-corrected chi connectivity index (χ3v) is 2.53. The maximum Gasteiger partial charge on any atom is 0.308 e. The predicted octanol–water partition coefficient (Wildman–Crippen LogP) is 1.50. The number of pyridine rings is 1. The minimum atomic E-state index is -0.815. The highest BCUT2D eigenvalue weighted by atomic mass is 16.4. The molecule has 0 spiro atoms. The zero-order chi connectivity index (χ0) is 12.8. The highest BCUT2D eigenvalue weighted by Crippen LogP contribution is 2.14. The zero-order valence-corrected chi connectivity index (χ0v) is 9.92. The molecule has 5 heteroatoms. The van der Waals surface area contributed by atoms with Crippen LogP contribution in [0.3, 0.4) is 0 Å². The molecule has 1 atom stereocenters. The number of hydrogen-bond acceptors (Lipinski definition) is 4. The van der Waals surface area contributed by atoms with Crippen LogP contribution in [-0.4, -0.2) is 29.1 Å². The molecule has 0 aliphatic rings. The molecule has 0 amide bonds. The molecule has 0 aromatic carbocycles. The first kappa shape index (κ1) is 13.0. The molecule has 0 saturated carbocycles. The van der Waals surface area contributed by atoms with Crippen molar-refractivity contribution in [3.63, 3.8) is 0 Å². The molecule has 0 saturated heterocycles. The molecule has 90 valence electrons. The Morgan fingerprint density at radius 3 is 2.76 bits per heavy atom. The van der Waals surface area contributed by atoms with Crippen LogP contribution in [0.15, 0.2) is 18.3 Å². The molecule has 1 aromatic rings. The predicted molar refractivity (Wildman–Crippen MR) is 63.6 cm³/mol. The highest BCUT2D eigenvalue weighted by molar-refractivity contribution is 5.70. The van der Waals surface area contributed by atoms with E-state index < -0.39 is 11.9 Å². The smallest absolute Gasteiger partial charge is 0.308 e. The van der Waals surface area contributed by atoms with Crippen LogP contribution >= 0.6 is 0 Å². The molecule has 1 N–H and O–H groups in total. The molecule has 1 unspecified atom stereocenters. The Morgan fingerprint density at radius 2 is 2.35 bits per heavy atom. The third kappa shape index (κ3) is 3.45. The number of carbonyl (C=O) groups is 1. The van der Waals surface area contributed by atoms with Gasteiger partial charge in [0.15, 0.2) is 0 Å². The number of nitrogens with zero attached hydrogens (tertiary/aromatic N) is 3. The van der Waals surface area contributed by atoms with Crippen LogP contribution in [0, 0.1) is 17.2 Å². The first-order chi connectivity index (χ1) is 8.08. The molecule has 1 rings (SSSR count). The van der Waals surface area contributed by atoms with Gasteiger partial charge >= 0.3 is 5.97 Å². The number of aliphatic carboxylic acids is 1. The summed E-state index contributed by atoms with van der Waals surface area (Å²) in [5, 5.41) is 17.5. The van der Waals surface area contributed by atoms with Gasteiger partial charge in [-0.2, -0.15) is 5.26 Å². The topological polar surface area (TPSA) is 77.2 Å². The maximum absolute atomic E-state index is 10.8. The number of aromatic nitrogens is 1. The quantitative estimate of drug-likeness (QED) is 0.833. The van der Waals surface area contributed by atoms with E-state index in [1.165, 1.54) is 0 Å². The summed E-state index contributed by atoms with van der Waals surface area (Å²) < 4.78 is 0. The lowest BCUT2D eigenvalue weighted by Gasteiger charge is -2.24. The Balaban J connectivity index is 2.79. The van der Waals surface area contributed by atoms with Crippen molar-refractivity contribution in [2.45, 2.75) is 13.8 Å². The summed E-state index contributed by atoms with van der Waals surface area (Å²) in [5.41, 5.74) is 1.19. The zero-order valence-electron chi connectivity index (χ0n) is 9.92. The number of carboxylic acids is 1. The van der Waals surface area contributed by atoms with Crippen LogP contribution in [0.25, 0.3) is 0 Å². The molecule has 0 radical (unpaired) electrons. The summed E-state index contributed by atoms with van der Waals surface area (Å²) >= 11 is 0. The van der Waals surface area contributed by atoms with Crippen molar-refractivity contribution in [2.75, 3.05) is 18.0 Å². The minimum absolute atomic E-state index is 0.357. The summed E-state index contributed by atoms with van der Waals surface area (Å²) in [6.07, 6.45) is 1.59. The number of carboxylic acid groups (broad SMARTS) is 1. The van der Waals surface area contributed by atoms with Crippen LogP contribution in [0.5, 0.6) is 0 Å². The molecular formula is C12H15N3O2. The van der Waals surface area contributed by atoms with Gasteiger partial charge in [-0.15, -0.1) is 0 Å². The Bertz CT molecular complexity index is 422. The van der Waals surface area contributed by atoms with E-state index in [1.807, 2.05) is 17.9 Å². The van der Waals surface area contributed by atoms with E-state index >= 15 is 0 Å². The van der Waals surface area contributed by atoms with Crippen molar-refractivity contribution in [2.24, 2.45) is 5.92 Å².